The number of nitrogens with zero attached hydrogens (tertiary/aromatic N) is 4. The lowest BCUT2D eigenvalue weighted by molar-refractivity contribution is 0.0697. The number of hydrogen-bond acceptors (Lipinski definition) is 4. The molecule has 0 saturated heterocycles. The average molecular weight is 322 g/mol. The van der Waals surface area contributed by atoms with Gasteiger partial charge in [0.15, 0.2) is 5.82 Å². The fourth-order valence-corrected chi connectivity index (χ4v) is 2.47. The molecule has 6 nitrogen and oxygen atoms in total. The van der Waals surface area contributed by atoms with E-state index >= 15 is 0 Å². The van der Waals surface area contributed by atoms with Crippen molar-refractivity contribution in [3.05, 3.63) is 59.4 Å². The van der Waals surface area contributed by atoms with Gasteiger partial charge in [0.25, 0.3) is 0 Å². The van der Waals surface area contributed by atoms with Crippen molar-refractivity contribution in [2.24, 2.45) is 10.2 Å². The molecule has 0 aliphatic carbocycles. The minimum absolute atomic E-state index is 0.215. The van der Waals surface area contributed by atoms with Crippen LogP contribution in [0.25, 0.3) is 5.65 Å². The molecule has 6 heteroatoms. The summed E-state index contributed by atoms with van der Waals surface area (Å²) in [7, 11) is 0. The van der Waals surface area contributed by atoms with E-state index in [-0.39, 0.29) is 11.5 Å². The minimum atomic E-state index is -0.960. The van der Waals surface area contributed by atoms with E-state index in [9.17, 15) is 4.79 Å². The van der Waals surface area contributed by atoms with E-state index in [2.05, 4.69) is 24.1 Å². The van der Waals surface area contributed by atoms with Crippen LogP contribution in [0.1, 0.15) is 41.4 Å². The van der Waals surface area contributed by atoms with E-state index in [1.54, 1.807) is 12.1 Å². The van der Waals surface area contributed by atoms with Crippen LogP contribution in [0, 0.1) is 6.92 Å². The summed E-state index contributed by atoms with van der Waals surface area (Å²) in [5.41, 5.74) is 3.65. The predicted octanol–water partition coefficient (Wildman–Crippen LogP) is 4.88. The van der Waals surface area contributed by atoms with Crippen LogP contribution in [-0.2, 0) is 0 Å². The Bertz CT molecular complexity index is 924. The maximum absolute atomic E-state index is 10.9. The van der Waals surface area contributed by atoms with Crippen molar-refractivity contribution >= 4 is 23.1 Å². The van der Waals surface area contributed by atoms with Crippen molar-refractivity contribution in [2.45, 2.75) is 26.7 Å². The van der Waals surface area contributed by atoms with Gasteiger partial charge in [0.1, 0.15) is 5.65 Å². The number of rotatable bonds is 4. The van der Waals surface area contributed by atoms with E-state index in [0.717, 1.165) is 16.9 Å². The lowest BCUT2D eigenvalue weighted by Crippen LogP contribution is -1.94. The smallest absolute Gasteiger partial charge is 0.335 e. The first kappa shape index (κ1) is 15.9. The Balaban J connectivity index is 2.04. The van der Waals surface area contributed by atoms with Crippen molar-refractivity contribution in [1.82, 2.24) is 9.38 Å². The largest absolute Gasteiger partial charge is 0.478 e. The Labute approximate surface area is 139 Å². The summed E-state index contributed by atoms with van der Waals surface area (Å²) in [4.78, 5) is 15.6. The van der Waals surface area contributed by atoms with Gasteiger partial charge in [0.2, 0.25) is 0 Å². The van der Waals surface area contributed by atoms with Crippen LogP contribution in [0.5, 0.6) is 0 Å². The zero-order valence-corrected chi connectivity index (χ0v) is 13.8. The summed E-state index contributed by atoms with van der Waals surface area (Å²) >= 11 is 0. The lowest BCUT2D eigenvalue weighted by Gasteiger charge is -2.02. The number of aromatic carboxylic acids is 1. The molecule has 1 N–H and O–H groups in total. The molecule has 2 heterocycles. The van der Waals surface area contributed by atoms with Gasteiger partial charge in [-0.1, -0.05) is 19.9 Å². The first-order valence-corrected chi connectivity index (χ1v) is 7.70. The highest BCUT2D eigenvalue weighted by atomic mass is 16.4. The van der Waals surface area contributed by atoms with Crippen LogP contribution >= 0.6 is 0 Å². The normalized spacial score (nSPS) is 11.7. The number of carbonyl (C=O) groups is 1. The first-order valence-electron chi connectivity index (χ1n) is 7.70. The monoisotopic (exact) mass is 322 g/mol. The van der Waals surface area contributed by atoms with Gasteiger partial charge in [-0.15, -0.1) is 10.2 Å². The lowest BCUT2D eigenvalue weighted by atomic mass is 10.1. The molecule has 24 heavy (non-hydrogen) atoms. The summed E-state index contributed by atoms with van der Waals surface area (Å²) in [5.74, 6) is -0.0449. The van der Waals surface area contributed by atoms with Crippen molar-refractivity contribution in [3.8, 4) is 0 Å². The van der Waals surface area contributed by atoms with Crippen LogP contribution in [0.4, 0.5) is 11.5 Å². The first-order chi connectivity index (χ1) is 11.5. The zero-order valence-electron chi connectivity index (χ0n) is 13.8. The van der Waals surface area contributed by atoms with Crippen LogP contribution in [0.15, 0.2) is 52.8 Å². The SMILES string of the molecule is Cc1cccn2c(N=Nc3ccc(C(=O)O)cc3)c(C(C)C)nc12. The van der Waals surface area contributed by atoms with E-state index in [4.69, 9.17) is 10.1 Å². The highest BCUT2D eigenvalue weighted by molar-refractivity contribution is 5.87. The molecule has 1 aromatic carbocycles. The summed E-state index contributed by atoms with van der Waals surface area (Å²) in [5, 5.41) is 17.6. The number of carboxylic acid groups (broad SMARTS) is 1. The quantitative estimate of drug-likeness (QED) is 0.695. The Kier molecular flexibility index (Phi) is 4.12. The van der Waals surface area contributed by atoms with Crippen LogP contribution < -0.4 is 0 Å². The summed E-state index contributed by atoms with van der Waals surface area (Å²) in [6, 6.07) is 10.3. The third-order valence-electron chi connectivity index (χ3n) is 3.77. The Morgan fingerprint density at radius 2 is 1.88 bits per heavy atom. The second-order valence-electron chi connectivity index (χ2n) is 5.91. The maximum Gasteiger partial charge on any atom is 0.335 e. The second-order valence-corrected chi connectivity index (χ2v) is 5.91. The zero-order chi connectivity index (χ0) is 17.3. The van der Waals surface area contributed by atoms with E-state index < -0.39 is 5.97 Å². The van der Waals surface area contributed by atoms with Crippen LogP contribution in [-0.4, -0.2) is 20.5 Å². The summed E-state index contributed by atoms with van der Waals surface area (Å²) in [6.07, 6.45) is 1.92. The number of aromatic nitrogens is 2. The Morgan fingerprint density at radius 1 is 1.17 bits per heavy atom. The van der Waals surface area contributed by atoms with Crippen LogP contribution in [0.3, 0.4) is 0 Å². The molecular weight excluding hydrogens is 304 g/mol. The highest BCUT2D eigenvalue weighted by Crippen LogP contribution is 2.30. The number of hydrogen-bond donors (Lipinski definition) is 1. The molecule has 0 aliphatic rings. The number of imidazole rings is 1. The summed E-state index contributed by atoms with van der Waals surface area (Å²) in [6.45, 7) is 6.15. The van der Waals surface area contributed by atoms with E-state index in [1.807, 2.05) is 29.7 Å². The van der Waals surface area contributed by atoms with Gasteiger partial charge in [0.05, 0.1) is 16.9 Å². The molecule has 3 rings (SSSR count). The standard InChI is InChI=1S/C18H18N4O2/c1-11(2)15-17(22-10-4-5-12(3)16(22)19-15)21-20-14-8-6-13(7-9-14)18(23)24/h4-11H,1-3H3,(H,23,24). The predicted molar refractivity (Wildman–Crippen MR) is 91.6 cm³/mol. The third kappa shape index (κ3) is 2.90. The number of benzene rings is 1. The number of azo groups is 1. The van der Waals surface area contributed by atoms with Gasteiger partial charge in [-0.2, -0.15) is 0 Å². The number of pyridine rings is 1. The molecule has 0 fully saturated rings. The Hall–Kier alpha value is -3.02. The van der Waals surface area contributed by atoms with Gasteiger partial charge >= 0.3 is 5.97 Å². The minimum Gasteiger partial charge on any atom is -0.478 e. The fraction of sp³-hybridized carbons (Fsp3) is 0.222. The van der Waals surface area contributed by atoms with Crippen molar-refractivity contribution in [3.63, 3.8) is 0 Å². The molecule has 0 atom stereocenters. The molecule has 0 radical (unpaired) electrons. The van der Waals surface area contributed by atoms with Crippen molar-refractivity contribution in [2.75, 3.05) is 0 Å². The number of fused-ring (bicyclic) bond motifs is 1. The van der Waals surface area contributed by atoms with E-state index in [1.165, 1.54) is 12.1 Å². The van der Waals surface area contributed by atoms with Gasteiger partial charge in [0, 0.05) is 6.20 Å². The fourth-order valence-electron chi connectivity index (χ4n) is 2.47. The molecule has 0 saturated carbocycles. The topological polar surface area (TPSA) is 79.3 Å². The molecule has 3 aromatic rings. The van der Waals surface area contributed by atoms with Crippen molar-refractivity contribution in [1.29, 1.82) is 0 Å². The molecule has 0 aliphatic heterocycles. The second kappa shape index (κ2) is 6.23. The maximum atomic E-state index is 10.9. The van der Waals surface area contributed by atoms with Gasteiger partial charge in [-0.05, 0) is 48.7 Å². The average Bonchev–Trinajstić information content (AvgIpc) is 2.93. The molecule has 0 spiro atoms. The molecule has 0 unspecified atom stereocenters. The number of aryl methyl sites for hydroxylation is 1. The number of carboxylic acids is 1. The molecular formula is C18H18N4O2. The molecule has 122 valence electrons. The molecule has 0 amide bonds. The van der Waals surface area contributed by atoms with Crippen molar-refractivity contribution < 1.29 is 9.90 Å². The van der Waals surface area contributed by atoms with E-state index in [0.29, 0.717) is 11.5 Å². The van der Waals surface area contributed by atoms with Gasteiger partial charge < -0.3 is 5.11 Å². The molecule has 2 aromatic heterocycles. The Morgan fingerprint density at radius 3 is 2.50 bits per heavy atom. The van der Waals surface area contributed by atoms with Crippen LogP contribution in [0.2, 0.25) is 0 Å². The van der Waals surface area contributed by atoms with Gasteiger partial charge in [-0.25, -0.2) is 9.78 Å². The molecule has 0 bridgehead atoms. The summed E-state index contributed by atoms with van der Waals surface area (Å²) < 4.78 is 1.93. The van der Waals surface area contributed by atoms with Gasteiger partial charge in [-0.3, -0.25) is 4.40 Å². The highest BCUT2D eigenvalue weighted by Gasteiger charge is 2.16. The third-order valence-corrected chi connectivity index (χ3v) is 3.77.